The van der Waals surface area contributed by atoms with Gasteiger partial charge in [-0.15, -0.1) is 0 Å². The minimum Gasteiger partial charge on any atom is -0.501 e. The third-order valence-electron chi connectivity index (χ3n) is 2.77. The highest BCUT2D eigenvalue weighted by Gasteiger charge is 2.34. The van der Waals surface area contributed by atoms with Crippen molar-refractivity contribution in [3.63, 3.8) is 0 Å². The highest BCUT2D eigenvalue weighted by molar-refractivity contribution is 5.18. The summed E-state index contributed by atoms with van der Waals surface area (Å²) in [6.45, 7) is 6.83. The van der Waals surface area contributed by atoms with Gasteiger partial charge >= 0.3 is 0 Å². The van der Waals surface area contributed by atoms with Crippen LogP contribution in [0.1, 0.15) is 33.6 Å². The zero-order valence-corrected chi connectivity index (χ0v) is 8.13. The Balaban J connectivity index is 2.78. The fourth-order valence-electron chi connectivity index (χ4n) is 1.71. The van der Waals surface area contributed by atoms with Gasteiger partial charge in [0.1, 0.15) is 0 Å². The molecule has 70 valence electrons. The van der Waals surface area contributed by atoms with Gasteiger partial charge in [-0.05, 0) is 17.9 Å². The Kier molecular flexibility index (Phi) is 2.78. The summed E-state index contributed by atoms with van der Waals surface area (Å²) in [5.41, 5.74) is 0.413. The maximum Gasteiger partial charge on any atom is 0.0912 e. The highest BCUT2D eigenvalue weighted by Crippen LogP contribution is 2.33. The monoisotopic (exact) mass is 170 g/mol. The summed E-state index contributed by atoms with van der Waals surface area (Å²) < 4.78 is 5.13. The third-order valence-corrected chi connectivity index (χ3v) is 2.77. The summed E-state index contributed by atoms with van der Waals surface area (Å²) in [7, 11) is 0. The summed E-state index contributed by atoms with van der Waals surface area (Å²) >= 11 is 0. The van der Waals surface area contributed by atoms with E-state index in [2.05, 4.69) is 0 Å². The lowest BCUT2D eigenvalue weighted by molar-refractivity contribution is 0.0257. The second kappa shape index (κ2) is 3.48. The lowest BCUT2D eigenvalue weighted by Crippen LogP contribution is -2.36. The third kappa shape index (κ3) is 1.48. The summed E-state index contributed by atoms with van der Waals surface area (Å²) in [4.78, 5) is 0. The molecule has 1 N–H and O–H groups in total. The van der Waals surface area contributed by atoms with Crippen LogP contribution >= 0.6 is 0 Å². The van der Waals surface area contributed by atoms with Crippen molar-refractivity contribution in [1.29, 1.82) is 0 Å². The predicted molar refractivity (Wildman–Crippen MR) is 48.7 cm³/mol. The van der Waals surface area contributed by atoms with E-state index in [1.807, 2.05) is 20.8 Å². The molecular formula is C10H18O2. The van der Waals surface area contributed by atoms with Gasteiger partial charge in [0, 0.05) is 6.42 Å². The van der Waals surface area contributed by atoms with Gasteiger partial charge in [0.05, 0.1) is 18.5 Å². The Morgan fingerprint density at radius 2 is 2.33 bits per heavy atom. The van der Waals surface area contributed by atoms with Gasteiger partial charge in [0.15, 0.2) is 0 Å². The first-order valence-corrected chi connectivity index (χ1v) is 4.64. The maximum atomic E-state index is 10.2. The molecule has 0 amide bonds. The van der Waals surface area contributed by atoms with Crippen molar-refractivity contribution in [3.05, 3.63) is 11.8 Å². The van der Waals surface area contributed by atoms with Crippen molar-refractivity contribution < 1.29 is 9.84 Å². The van der Waals surface area contributed by atoms with E-state index in [0.717, 1.165) is 25.0 Å². The van der Waals surface area contributed by atoms with E-state index in [4.69, 9.17) is 4.74 Å². The summed E-state index contributed by atoms with van der Waals surface area (Å²) in [6.07, 6.45) is 3.37. The average molecular weight is 170 g/mol. The minimum absolute atomic E-state index is 0.260. The van der Waals surface area contributed by atoms with Crippen molar-refractivity contribution in [2.75, 3.05) is 6.61 Å². The van der Waals surface area contributed by atoms with E-state index in [-0.39, 0.29) is 5.92 Å². The lowest BCUT2D eigenvalue weighted by atomic mass is 9.80. The highest BCUT2D eigenvalue weighted by atomic mass is 16.5. The SMILES string of the molecule is CCC(O)(C1=COCC1)C(C)C. The van der Waals surface area contributed by atoms with Crippen LogP contribution in [0, 0.1) is 5.92 Å². The molecule has 0 aliphatic carbocycles. The predicted octanol–water partition coefficient (Wildman–Crippen LogP) is 2.09. The van der Waals surface area contributed by atoms with Gasteiger partial charge in [-0.25, -0.2) is 0 Å². The zero-order chi connectivity index (χ0) is 9.19. The van der Waals surface area contributed by atoms with Gasteiger partial charge in [0.25, 0.3) is 0 Å². The zero-order valence-electron chi connectivity index (χ0n) is 8.13. The molecule has 0 aromatic heterocycles. The quantitative estimate of drug-likeness (QED) is 0.702. The van der Waals surface area contributed by atoms with Crippen molar-refractivity contribution in [2.24, 2.45) is 5.92 Å². The van der Waals surface area contributed by atoms with Crippen molar-refractivity contribution in [1.82, 2.24) is 0 Å². The minimum atomic E-state index is -0.642. The first kappa shape index (κ1) is 9.59. The van der Waals surface area contributed by atoms with Crippen LogP contribution in [-0.4, -0.2) is 17.3 Å². The van der Waals surface area contributed by atoms with Crippen molar-refractivity contribution in [2.45, 2.75) is 39.2 Å². The number of ether oxygens (including phenoxy) is 1. The Hall–Kier alpha value is -0.500. The number of hydrogen-bond donors (Lipinski definition) is 1. The van der Waals surface area contributed by atoms with Crippen LogP contribution < -0.4 is 0 Å². The molecule has 0 spiro atoms. The fraction of sp³-hybridized carbons (Fsp3) is 0.800. The smallest absolute Gasteiger partial charge is 0.0912 e. The molecular weight excluding hydrogens is 152 g/mol. The second-order valence-corrected chi connectivity index (χ2v) is 3.70. The Morgan fingerprint density at radius 3 is 2.67 bits per heavy atom. The molecule has 0 radical (unpaired) electrons. The lowest BCUT2D eigenvalue weighted by Gasteiger charge is -2.31. The second-order valence-electron chi connectivity index (χ2n) is 3.70. The standard InChI is InChI=1S/C10H18O2/c1-4-10(11,8(2)3)9-5-6-12-7-9/h7-8,11H,4-6H2,1-3H3. The maximum absolute atomic E-state index is 10.2. The molecule has 1 atom stereocenters. The molecule has 0 saturated heterocycles. The molecule has 1 aliphatic rings. The Bertz CT molecular complexity index is 184. The van der Waals surface area contributed by atoms with Crippen LogP contribution in [0.2, 0.25) is 0 Å². The number of rotatable bonds is 3. The summed E-state index contributed by atoms with van der Waals surface area (Å²) in [6, 6.07) is 0. The molecule has 1 aliphatic heterocycles. The van der Waals surface area contributed by atoms with Gasteiger partial charge in [-0.1, -0.05) is 20.8 Å². The van der Waals surface area contributed by atoms with E-state index < -0.39 is 5.60 Å². The normalized spacial score (nSPS) is 21.9. The van der Waals surface area contributed by atoms with Gasteiger partial charge in [0.2, 0.25) is 0 Å². The van der Waals surface area contributed by atoms with Crippen molar-refractivity contribution >= 4 is 0 Å². The van der Waals surface area contributed by atoms with Crippen LogP contribution in [0.4, 0.5) is 0 Å². The molecule has 2 heteroatoms. The molecule has 1 rings (SSSR count). The van der Waals surface area contributed by atoms with Gasteiger partial charge in [-0.3, -0.25) is 0 Å². The molecule has 1 heterocycles. The van der Waals surface area contributed by atoms with Crippen molar-refractivity contribution in [3.8, 4) is 0 Å². The van der Waals surface area contributed by atoms with Gasteiger partial charge < -0.3 is 9.84 Å². The number of aliphatic hydroxyl groups is 1. The first-order chi connectivity index (χ1) is 5.61. The fourth-order valence-corrected chi connectivity index (χ4v) is 1.71. The largest absolute Gasteiger partial charge is 0.501 e. The molecule has 0 aromatic rings. The summed E-state index contributed by atoms with van der Waals surface area (Å²) in [5.74, 6) is 0.260. The van der Waals surface area contributed by atoms with E-state index >= 15 is 0 Å². The van der Waals surface area contributed by atoms with E-state index in [9.17, 15) is 5.11 Å². The topological polar surface area (TPSA) is 29.5 Å². The van der Waals surface area contributed by atoms with Crippen LogP contribution in [0.15, 0.2) is 11.8 Å². The van der Waals surface area contributed by atoms with E-state index in [1.54, 1.807) is 6.26 Å². The van der Waals surface area contributed by atoms with Crippen LogP contribution in [0.5, 0.6) is 0 Å². The van der Waals surface area contributed by atoms with Crippen LogP contribution in [0.25, 0.3) is 0 Å². The molecule has 0 aromatic carbocycles. The molecule has 0 saturated carbocycles. The molecule has 2 nitrogen and oxygen atoms in total. The molecule has 0 bridgehead atoms. The average Bonchev–Trinajstić information content (AvgIpc) is 2.54. The van der Waals surface area contributed by atoms with E-state index in [1.165, 1.54) is 0 Å². The van der Waals surface area contributed by atoms with Crippen LogP contribution in [0.3, 0.4) is 0 Å². The molecule has 1 unspecified atom stereocenters. The van der Waals surface area contributed by atoms with Gasteiger partial charge in [-0.2, -0.15) is 0 Å². The first-order valence-electron chi connectivity index (χ1n) is 4.64. The molecule has 12 heavy (non-hydrogen) atoms. The molecule has 0 fully saturated rings. The Labute approximate surface area is 74.2 Å². The Morgan fingerprint density at radius 1 is 1.67 bits per heavy atom. The van der Waals surface area contributed by atoms with E-state index in [0.29, 0.717) is 0 Å². The van der Waals surface area contributed by atoms with Crippen LogP contribution in [-0.2, 0) is 4.74 Å². The number of hydrogen-bond acceptors (Lipinski definition) is 2. The summed E-state index contributed by atoms with van der Waals surface area (Å²) in [5, 5.41) is 10.2.